The Hall–Kier alpha value is -0.430. The number of alkyl halides is 1. The van der Waals surface area contributed by atoms with E-state index in [2.05, 4.69) is 15.9 Å². The minimum atomic E-state index is -3.73. The molecule has 14 heavy (non-hydrogen) atoms. The highest BCUT2D eigenvalue weighted by Gasteiger charge is 2.18. The fourth-order valence-electron chi connectivity index (χ4n) is 0.903. The molecule has 0 aliphatic carbocycles. The van der Waals surface area contributed by atoms with Crippen molar-refractivity contribution in [1.82, 2.24) is 4.47 Å². The van der Waals surface area contributed by atoms with E-state index in [0.717, 1.165) is 12.6 Å². The highest BCUT2D eigenvalue weighted by atomic mass is 79.9. The maximum Gasteiger partial charge on any atom is 0.264 e. The van der Waals surface area contributed by atoms with E-state index in [4.69, 9.17) is 5.21 Å². The number of nitrogens with zero attached hydrogens (tertiary/aromatic N) is 1. The van der Waals surface area contributed by atoms with Crippen molar-refractivity contribution in [3.63, 3.8) is 0 Å². The molecular weight excluding hydrogens is 270 g/mol. The van der Waals surface area contributed by atoms with Gasteiger partial charge in [0.2, 0.25) is 0 Å². The van der Waals surface area contributed by atoms with Gasteiger partial charge in [-0.25, -0.2) is 8.42 Å². The molecule has 0 heterocycles. The van der Waals surface area contributed by atoms with E-state index in [-0.39, 0.29) is 9.36 Å². The summed E-state index contributed by atoms with van der Waals surface area (Å²) in [6.45, 7) is 0. The van der Waals surface area contributed by atoms with Gasteiger partial charge in [0.1, 0.15) is 0 Å². The summed E-state index contributed by atoms with van der Waals surface area (Å²) in [6.07, 6.45) is 0. The van der Waals surface area contributed by atoms with Gasteiger partial charge >= 0.3 is 0 Å². The second kappa shape index (κ2) is 4.39. The highest BCUT2D eigenvalue weighted by Crippen LogP contribution is 2.14. The summed E-state index contributed by atoms with van der Waals surface area (Å²) in [7, 11) is -2.65. The van der Waals surface area contributed by atoms with Gasteiger partial charge in [-0.05, 0) is 17.7 Å². The lowest BCUT2D eigenvalue weighted by Gasteiger charge is -2.09. The average molecular weight is 280 g/mol. The number of benzene rings is 1. The van der Waals surface area contributed by atoms with E-state index in [1.165, 1.54) is 12.1 Å². The molecule has 0 spiro atoms. The minimum Gasteiger partial charge on any atom is -0.299 e. The molecule has 1 aromatic rings. The van der Waals surface area contributed by atoms with Gasteiger partial charge in [0, 0.05) is 12.4 Å². The fraction of sp³-hybridized carbons (Fsp3) is 0.250. The molecule has 0 fully saturated rings. The Morgan fingerprint density at radius 2 is 1.86 bits per heavy atom. The Balaban J connectivity index is 3.10. The van der Waals surface area contributed by atoms with Crippen LogP contribution in [0.2, 0.25) is 0 Å². The number of hydrogen-bond donors (Lipinski definition) is 1. The molecule has 0 bridgehead atoms. The molecule has 0 saturated heterocycles. The third-order valence-corrected chi connectivity index (χ3v) is 3.93. The predicted octanol–water partition coefficient (Wildman–Crippen LogP) is 1.59. The number of hydrogen-bond acceptors (Lipinski definition) is 3. The van der Waals surface area contributed by atoms with Crippen molar-refractivity contribution in [1.29, 1.82) is 0 Å². The first-order valence-electron chi connectivity index (χ1n) is 3.81. The van der Waals surface area contributed by atoms with Gasteiger partial charge in [0.15, 0.2) is 0 Å². The quantitative estimate of drug-likeness (QED) is 0.675. The van der Waals surface area contributed by atoms with E-state index in [1.54, 1.807) is 12.1 Å². The number of sulfonamides is 1. The average Bonchev–Trinajstić information content (AvgIpc) is 2.17. The summed E-state index contributed by atoms with van der Waals surface area (Å²) in [5.74, 6) is 0. The van der Waals surface area contributed by atoms with Crippen molar-refractivity contribution in [3.8, 4) is 0 Å². The summed E-state index contributed by atoms with van der Waals surface area (Å²) < 4.78 is 23.0. The van der Waals surface area contributed by atoms with E-state index in [1.807, 2.05) is 0 Å². The second-order valence-corrected chi connectivity index (χ2v) is 5.23. The molecular formula is C8H10BrNO3S. The topological polar surface area (TPSA) is 57.6 Å². The first kappa shape index (κ1) is 11.6. The predicted molar refractivity (Wildman–Crippen MR) is 55.8 cm³/mol. The monoisotopic (exact) mass is 279 g/mol. The lowest BCUT2D eigenvalue weighted by Crippen LogP contribution is -2.22. The van der Waals surface area contributed by atoms with Gasteiger partial charge in [-0.15, -0.1) is 0 Å². The molecule has 0 aliphatic rings. The van der Waals surface area contributed by atoms with E-state index in [0.29, 0.717) is 5.33 Å². The molecule has 78 valence electrons. The fourth-order valence-corrected chi connectivity index (χ4v) is 2.06. The Kier molecular flexibility index (Phi) is 3.65. The smallest absolute Gasteiger partial charge is 0.264 e. The number of hydroxylamine groups is 1. The number of halogens is 1. The van der Waals surface area contributed by atoms with Crippen LogP contribution in [0, 0.1) is 0 Å². The molecule has 0 saturated carbocycles. The van der Waals surface area contributed by atoms with Crippen molar-refractivity contribution < 1.29 is 13.6 Å². The van der Waals surface area contributed by atoms with Crippen LogP contribution in [0.25, 0.3) is 0 Å². The van der Waals surface area contributed by atoms with E-state index < -0.39 is 10.0 Å². The summed E-state index contributed by atoms with van der Waals surface area (Å²) in [6, 6.07) is 6.29. The van der Waals surface area contributed by atoms with Gasteiger partial charge < -0.3 is 0 Å². The standard InChI is InChI=1S/C8H10BrNO3S/c1-10(11)14(12,13)8-4-2-7(6-9)3-5-8/h2-5,11H,6H2,1H3. The van der Waals surface area contributed by atoms with Gasteiger partial charge in [-0.1, -0.05) is 32.5 Å². The first-order valence-corrected chi connectivity index (χ1v) is 6.37. The maximum absolute atomic E-state index is 11.4. The zero-order chi connectivity index (χ0) is 10.8. The Bertz CT molecular complexity index is 399. The van der Waals surface area contributed by atoms with Crippen LogP contribution in [-0.4, -0.2) is 25.1 Å². The zero-order valence-electron chi connectivity index (χ0n) is 7.51. The molecule has 0 unspecified atom stereocenters. The van der Waals surface area contributed by atoms with Gasteiger partial charge in [-0.3, -0.25) is 5.21 Å². The SMILES string of the molecule is CN(O)S(=O)(=O)c1ccc(CBr)cc1. The van der Waals surface area contributed by atoms with Crippen LogP contribution in [0.4, 0.5) is 0 Å². The normalized spacial score (nSPS) is 12.0. The van der Waals surface area contributed by atoms with Crippen molar-refractivity contribution in [3.05, 3.63) is 29.8 Å². The molecule has 6 heteroatoms. The lowest BCUT2D eigenvalue weighted by atomic mass is 10.2. The summed E-state index contributed by atoms with van der Waals surface area (Å²) in [4.78, 5) is 0.0761. The largest absolute Gasteiger partial charge is 0.299 e. The van der Waals surface area contributed by atoms with Crippen molar-refractivity contribution in [2.75, 3.05) is 7.05 Å². The van der Waals surface area contributed by atoms with E-state index >= 15 is 0 Å². The van der Waals surface area contributed by atoms with Crippen LogP contribution >= 0.6 is 15.9 Å². The van der Waals surface area contributed by atoms with Crippen LogP contribution in [0.15, 0.2) is 29.2 Å². The minimum absolute atomic E-state index is 0.0761. The van der Waals surface area contributed by atoms with Crippen LogP contribution in [-0.2, 0) is 15.4 Å². The van der Waals surface area contributed by atoms with Gasteiger partial charge in [0.25, 0.3) is 10.0 Å². The Labute approximate surface area is 91.3 Å². The van der Waals surface area contributed by atoms with Crippen molar-refractivity contribution >= 4 is 26.0 Å². The van der Waals surface area contributed by atoms with Crippen LogP contribution in [0.1, 0.15) is 5.56 Å². The summed E-state index contributed by atoms with van der Waals surface area (Å²) in [5.41, 5.74) is 0.976. The molecule has 0 radical (unpaired) electrons. The summed E-state index contributed by atoms with van der Waals surface area (Å²) in [5, 5.41) is 9.57. The van der Waals surface area contributed by atoms with Crippen molar-refractivity contribution in [2.45, 2.75) is 10.2 Å². The zero-order valence-corrected chi connectivity index (χ0v) is 9.92. The molecule has 0 aliphatic heterocycles. The molecule has 1 aromatic carbocycles. The second-order valence-electron chi connectivity index (χ2n) is 2.72. The van der Waals surface area contributed by atoms with Crippen LogP contribution < -0.4 is 0 Å². The highest BCUT2D eigenvalue weighted by molar-refractivity contribution is 9.08. The molecule has 0 amide bonds. The molecule has 1 rings (SSSR count). The number of rotatable bonds is 3. The van der Waals surface area contributed by atoms with Crippen molar-refractivity contribution in [2.24, 2.45) is 0 Å². The molecule has 1 N–H and O–H groups in total. The third-order valence-electron chi connectivity index (χ3n) is 1.72. The summed E-state index contributed by atoms with van der Waals surface area (Å²) >= 11 is 3.25. The van der Waals surface area contributed by atoms with Crippen LogP contribution in [0.5, 0.6) is 0 Å². The molecule has 0 aromatic heterocycles. The molecule has 0 atom stereocenters. The van der Waals surface area contributed by atoms with Gasteiger partial charge in [-0.2, -0.15) is 0 Å². The maximum atomic E-state index is 11.4. The van der Waals surface area contributed by atoms with Gasteiger partial charge in [0.05, 0.1) is 4.90 Å². The third kappa shape index (κ3) is 2.33. The lowest BCUT2D eigenvalue weighted by molar-refractivity contribution is 0.0310. The first-order chi connectivity index (χ1) is 6.48. The van der Waals surface area contributed by atoms with E-state index in [9.17, 15) is 8.42 Å². The molecule has 4 nitrogen and oxygen atoms in total. The van der Waals surface area contributed by atoms with Crippen LogP contribution in [0.3, 0.4) is 0 Å². The Morgan fingerprint density at radius 1 is 1.36 bits per heavy atom. The Morgan fingerprint density at radius 3 is 2.21 bits per heavy atom.